The number of piperidine rings is 1. The van der Waals surface area contributed by atoms with E-state index in [1.54, 1.807) is 12.1 Å². The molecule has 17 heavy (non-hydrogen) atoms. The molecular weight excluding hydrogens is 215 g/mol. The van der Waals surface area contributed by atoms with Gasteiger partial charge in [-0.05, 0) is 43.5 Å². The maximum atomic E-state index is 13.0. The van der Waals surface area contributed by atoms with Gasteiger partial charge in [-0.25, -0.2) is 4.39 Å². The van der Waals surface area contributed by atoms with Gasteiger partial charge < -0.3 is 5.73 Å². The van der Waals surface area contributed by atoms with E-state index < -0.39 is 0 Å². The van der Waals surface area contributed by atoms with Crippen molar-refractivity contribution in [1.29, 1.82) is 0 Å². The maximum Gasteiger partial charge on any atom is 0.123 e. The van der Waals surface area contributed by atoms with Crippen LogP contribution >= 0.6 is 0 Å². The summed E-state index contributed by atoms with van der Waals surface area (Å²) in [5.74, 6) is -0.142. The topological polar surface area (TPSA) is 29.3 Å². The molecule has 1 fully saturated rings. The van der Waals surface area contributed by atoms with E-state index in [0.29, 0.717) is 6.04 Å². The first-order chi connectivity index (χ1) is 8.29. The molecule has 2 rings (SSSR count). The Hall–Kier alpha value is -0.930. The van der Waals surface area contributed by atoms with Crippen molar-refractivity contribution in [2.75, 3.05) is 19.6 Å². The highest BCUT2D eigenvalue weighted by atomic mass is 19.1. The molecular formula is C14H21FN2. The lowest BCUT2D eigenvalue weighted by atomic mass is 10.0. The SMILES string of the molecule is NC[C@H]1CCCCN1CCc1cccc(F)c1. The third-order valence-electron chi connectivity index (χ3n) is 3.60. The lowest BCUT2D eigenvalue weighted by Gasteiger charge is -2.34. The Morgan fingerprint density at radius 2 is 2.24 bits per heavy atom. The van der Waals surface area contributed by atoms with Gasteiger partial charge in [0.1, 0.15) is 5.82 Å². The number of benzene rings is 1. The van der Waals surface area contributed by atoms with Crippen LogP contribution in [0, 0.1) is 5.82 Å². The normalized spacial score (nSPS) is 21.6. The Morgan fingerprint density at radius 3 is 3.00 bits per heavy atom. The average molecular weight is 236 g/mol. The summed E-state index contributed by atoms with van der Waals surface area (Å²) in [6, 6.07) is 7.41. The van der Waals surface area contributed by atoms with Crippen molar-refractivity contribution in [2.45, 2.75) is 31.7 Å². The van der Waals surface area contributed by atoms with Gasteiger partial charge in [0.05, 0.1) is 0 Å². The van der Waals surface area contributed by atoms with Gasteiger partial charge >= 0.3 is 0 Å². The van der Waals surface area contributed by atoms with Gasteiger partial charge in [-0.1, -0.05) is 18.6 Å². The minimum Gasteiger partial charge on any atom is -0.329 e. The molecule has 1 heterocycles. The largest absolute Gasteiger partial charge is 0.329 e. The Bertz CT molecular complexity index is 354. The van der Waals surface area contributed by atoms with Crippen LogP contribution in [0.3, 0.4) is 0 Å². The molecule has 94 valence electrons. The molecule has 1 aliphatic heterocycles. The van der Waals surface area contributed by atoms with Crippen molar-refractivity contribution < 1.29 is 4.39 Å². The van der Waals surface area contributed by atoms with Crippen molar-refractivity contribution in [3.63, 3.8) is 0 Å². The van der Waals surface area contributed by atoms with Crippen LogP contribution in [0.5, 0.6) is 0 Å². The molecule has 3 heteroatoms. The molecule has 1 saturated heterocycles. The Labute approximate surface area is 103 Å². The number of hydrogen-bond acceptors (Lipinski definition) is 2. The number of halogens is 1. The summed E-state index contributed by atoms with van der Waals surface area (Å²) in [6.45, 7) is 2.87. The molecule has 1 aliphatic rings. The van der Waals surface area contributed by atoms with Gasteiger partial charge in [-0.15, -0.1) is 0 Å². The fraction of sp³-hybridized carbons (Fsp3) is 0.571. The first-order valence-electron chi connectivity index (χ1n) is 6.48. The number of nitrogens with zero attached hydrogens (tertiary/aromatic N) is 1. The fourth-order valence-electron chi connectivity index (χ4n) is 2.59. The smallest absolute Gasteiger partial charge is 0.123 e. The maximum absolute atomic E-state index is 13.0. The molecule has 0 amide bonds. The zero-order valence-corrected chi connectivity index (χ0v) is 10.2. The van der Waals surface area contributed by atoms with E-state index in [4.69, 9.17) is 5.73 Å². The zero-order chi connectivity index (χ0) is 12.1. The van der Waals surface area contributed by atoms with Crippen molar-refractivity contribution in [3.05, 3.63) is 35.6 Å². The molecule has 2 nitrogen and oxygen atoms in total. The molecule has 0 spiro atoms. The van der Waals surface area contributed by atoms with E-state index >= 15 is 0 Å². The summed E-state index contributed by atoms with van der Waals surface area (Å²) in [5, 5.41) is 0. The molecule has 0 aliphatic carbocycles. The Morgan fingerprint density at radius 1 is 1.35 bits per heavy atom. The molecule has 0 aromatic heterocycles. The monoisotopic (exact) mass is 236 g/mol. The fourth-order valence-corrected chi connectivity index (χ4v) is 2.59. The second kappa shape index (κ2) is 6.12. The third kappa shape index (κ3) is 3.51. The minimum atomic E-state index is -0.142. The summed E-state index contributed by atoms with van der Waals surface area (Å²) in [4.78, 5) is 2.45. The number of nitrogens with two attached hydrogens (primary N) is 1. The van der Waals surface area contributed by atoms with E-state index in [9.17, 15) is 4.39 Å². The van der Waals surface area contributed by atoms with Crippen molar-refractivity contribution in [2.24, 2.45) is 5.73 Å². The second-order valence-electron chi connectivity index (χ2n) is 4.80. The molecule has 0 radical (unpaired) electrons. The van der Waals surface area contributed by atoms with Crippen LogP contribution in [0.15, 0.2) is 24.3 Å². The van der Waals surface area contributed by atoms with Gasteiger partial charge in [0, 0.05) is 19.1 Å². The van der Waals surface area contributed by atoms with Gasteiger partial charge in [-0.3, -0.25) is 4.90 Å². The van der Waals surface area contributed by atoms with Gasteiger partial charge in [0.25, 0.3) is 0 Å². The number of rotatable bonds is 4. The quantitative estimate of drug-likeness (QED) is 0.868. The van der Waals surface area contributed by atoms with Gasteiger partial charge in [0.2, 0.25) is 0 Å². The molecule has 0 unspecified atom stereocenters. The molecule has 1 aromatic rings. The summed E-state index contributed by atoms with van der Waals surface area (Å²) in [5.41, 5.74) is 6.86. The summed E-state index contributed by atoms with van der Waals surface area (Å²) in [7, 11) is 0. The van der Waals surface area contributed by atoms with Crippen molar-refractivity contribution in [3.8, 4) is 0 Å². The van der Waals surface area contributed by atoms with Crippen molar-refractivity contribution >= 4 is 0 Å². The Balaban J connectivity index is 1.88. The van der Waals surface area contributed by atoms with Crippen LogP contribution < -0.4 is 5.73 Å². The summed E-state index contributed by atoms with van der Waals surface area (Å²) in [6.07, 6.45) is 4.67. The Kier molecular flexibility index (Phi) is 4.51. The predicted molar refractivity (Wildman–Crippen MR) is 68.4 cm³/mol. The molecule has 1 aromatic carbocycles. The second-order valence-corrected chi connectivity index (χ2v) is 4.80. The first-order valence-corrected chi connectivity index (χ1v) is 6.48. The van der Waals surface area contributed by atoms with Crippen LogP contribution in [-0.4, -0.2) is 30.6 Å². The third-order valence-corrected chi connectivity index (χ3v) is 3.60. The summed E-state index contributed by atoms with van der Waals surface area (Å²) >= 11 is 0. The van der Waals surface area contributed by atoms with Crippen LogP contribution in [0.1, 0.15) is 24.8 Å². The minimum absolute atomic E-state index is 0.142. The highest BCUT2D eigenvalue weighted by Crippen LogP contribution is 2.16. The molecule has 2 N–H and O–H groups in total. The zero-order valence-electron chi connectivity index (χ0n) is 10.2. The van der Waals surface area contributed by atoms with Crippen LogP contribution in [-0.2, 0) is 6.42 Å². The molecule has 0 saturated carbocycles. The van der Waals surface area contributed by atoms with Crippen LogP contribution in [0.4, 0.5) is 4.39 Å². The van der Waals surface area contributed by atoms with Gasteiger partial charge in [-0.2, -0.15) is 0 Å². The van der Waals surface area contributed by atoms with Crippen molar-refractivity contribution in [1.82, 2.24) is 4.90 Å². The predicted octanol–water partition coefficient (Wildman–Crippen LogP) is 2.18. The average Bonchev–Trinajstić information content (AvgIpc) is 2.37. The lowest BCUT2D eigenvalue weighted by Crippen LogP contribution is -2.44. The van der Waals surface area contributed by atoms with Crippen LogP contribution in [0.2, 0.25) is 0 Å². The van der Waals surface area contributed by atoms with Crippen LogP contribution in [0.25, 0.3) is 0 Å². The lowest BCUT2D eigenvalue weighted by molar-refractivity contribution is 0.155. The molecule has 0 bridgehead atoms. The van der Waals surface area contributed by atoms with E-state index in [0.717, 1.165) is 31.6 Å². The highest BCUT2D eigenvalue weighted by Gasteiger charge is 2.20. The van der Waals surface area contributed by atoms with E-state index in [2.05, 4.69) is 4.90 Å². The van der Waals surface area contributed by atoms with Gasteiger partial charge in [0.15, 0.2) is 0 Å². The summed E-state index contributed by atoms with van der Waals surface area (Å²) < 4.78 is 13.0. The highest BCUT2D eigenvalue weighted by molar-refractivity contribution is 5.16. The first kappa shape index (κ1) is 12.5. The standard InChI is InChI=1S/C14H21FN2/c15-13-5-3-4-12(10-13)7-9-17-8-2-1-6-14(17)11-16/h3-5,10,14H,1-2,6-9,11,16H2/t14-/m1/s1. The molecule has 1 atom stereocenters. The van der Waals surface area contributed by atoms with E-state index in [1.807, 2.05) is 6.07 Å². The van der Waals surface area contributed by atoms with E-state index in [-0.39, 0.29) is 5.82 Å². The number of likely N-dealkylation sites (tertiary alicyclic amines) is 1. The van der Waals surface area contributed by atoms with E-state index in [1.165, 1.54) is 25.3 Å². The number of hydrogen-bond donors (Lipinski definition) is 1.